The number of rotatable bonds is 0. The second-order valence-corrected chi connectivity index (χ2v) is 0. The Morgan fingerprint density at radius 1 is 1.00 bits per heavy atom. The maximum atomic E-state index is 0. The summed E-state index contributed by atoms with van der Waals surface area (Å²) in [4.78, 5) is 0. The molecular formula is H2BaCuMnZn. The van der Waals surface area contributed by atoms with Gasteiger partial charge in [0.1, 0.15) is 0 Å². The molecule has 0 nitrogen and oxygen atoms in total. The average molecular weight is 323 g/mol. The van der Waals surface area contributed by atoms with Crippen molar-refractivity contribution in [2.45, 2.75) is 0 Å². The molecule has 0 aliphatic heterocycles. The van der Waals surface area contributed by atoms with Crippen LogP contribution in [0.15, 0.2) is 0 Å². The number of hydrogen-bond acceptors (Lipinski definition) is 0. The molecule has 0 spiro atoms. The Balaban J connectivity index is 0. The normalized spacial score (nSPS) is 0. The molecule has 0 N–H and O–H groups in total. The Morgan fingerprint density at radius 2 is 1.00 bits per heavy atom. The van der Waals surface area contributed by atoms with E-state index in [-0.39, 0.29) is 102 Å². The van der Waals surface area contributed by atoms with E-state index in [1.165, 1.54) is 0 Å². The minimum absolute atomic E-state index is 0. The van der Waals surface area contributed by atoms with Gasteiger partial charge >= 0.3 is 48.9 Å². The van der Waals surface area contributed by atoms with Gasteiger partial charge in [-0.15, -0.1) is 0 Å². The van der Waals surface area contributed by atoms with Gasteiger partial charge in [0.25, 0.3) is 0 Å². The van der Waals surface area contributed by atoms with E-state index in [1.807, 2.05) is 0 Å². The molecule has 0 rings (SSSR count). The standard InChI is InChI=1S/Ba.Cu.Mn.Zn.2H. The van der Waals surface area contributed by atoms with Crippen molar-refractivity contribution in [3.63, 3.8) is 0 Å². The van der Waals surface area contributed by atoms with E-state index in [4.69, 9.17) is 0 Å². The fourth-order valence-electron chi connectivity index (χ4n) is 0. The Labute approximate surface area is 100 Å². The molecule has 0 saturated carbocycles. The van der Waals surface area contributed by atoms with Crippen molar-refractivity contribution in [1.82, 2.24) is 0 Å². The molecule has 0 aromatic heterocycles. The summed E-state index contributed by atoms with van der Waals surface area (Å²) in [5.74, 6) is 0. The molecule has 0 aliphatic carbocycles. The van der Waals surface area contributed by atoms with Crippen LogP contribution in [0.5, 0.6) is 0 Å². The zero-order valence-electron chi connectivity index (χ0n) is 1.39. The fraction of sp³-hybridized carbons (Fsp3) is 0. The molecule has 0 aliphatic rings. The van der Waals surface area contributed by atoms with Crippen LogP contribution in [0.4, 0.5) is 0 Å². The second kappa shape index (κ2) is 16.3. The molecule has 4 heavy (non-hydrogen) atoms. The Morgan fingerprint density at radius 3 is 1.00 bits per heavy atom. The molecule has 0 heterocycles. The minimum Gasteiger partial charge on any atom is 0 e. The van der Waals surface area contributed by atoms with Crippen LogP contribution >= 0.6 is 0 Å². The molecule has 2 radical (unpaired) electrons. The van der Waals surface area contributed by atoms with E-state index in [1.54, 1.807) is 0 Å². The summed E-state index contributed by atoms with van der Waals surface area (Å²) in [6.07, 6.45) is 0. The summed E-state index contributed by atoms with van der Waals surface area (Å²) in [7, 11) is 0. The monoisotopic (exact) mass is 322 g/mol. The smallest absolute Gasteiger partial charge is 0 e. The molecule has 0 bridgehead atoms. The first-order valence-corrected chi connectivity index (χ1v) is 0. The second-order valence-electron chi connectivity index (χ2n) is 0. The van der Waals surface area contributed by atoms with Crippen molar-refractivity contribution in [1.29, 1.82) is 0 Å². The minimum atomic E-state index is 0. The van der Waals surface area contributed by atoms with Crippen molar-refractivity contribution in [2.24, 2.45) is 0 Å². The van der Waals surface area contributed by atoms with Gasteiger partial charge in [0.05, 0.1) is 0 Å². The SMILES string of the molecule is [BaH2].[Cu].[Mn].[Zn]. The first-order valence-electron chi connectivity index (χ1n) is 0. The summed E-state index contributed by atoms with van der Waals surface area (Å²) in [6.45, 7) is 0. The predicted molar refractivity (Wildman–Crippen MR) is 8.54 cm³/mol. The molecule has 0 aromatic rings. The van der Waals surface area contributed by atoms with Crippen molar-refractivity contribution in [3.8, 4) is 0 Å². The summed E-state index contributed by atoms with van der Waals surface area (Å²) < 4.78 is 0. The van der Waals surface area contributed by atoms with Gasteiger partial charge in [0.2, 0.25) is 0 Å². The first kappa shape index (κ1) is 26.9. The first-order chi connectivity index (χ1) is 0. The summed E-state index contributed by atoms with van der Waals surface area (Å²) in [6, 6.07) is 0. The maximum absolute atomic E-state index is 0. The summed E-state index contributed by atoms with van der Waals surface area (Å²) in [5.41, 5.74) is 0. The Bertz CT molecular complexity index is 8.00. The molecule has 24 valence electrons. The van der Waals surface area contributed by atoms with Crippen molar-refractivity contribution in [3.05, 3.63) is 0 Å². The Hall–Kier alpha value is 3.23. The molecule has 0 fully saturated rings. The molecule has 0 unspecified atom stereocenters. The van der Waals surface area contributed by atoms with Crippen LogP contribution in [0.25, 0.3) is 0 Å². The van der Waals surface area contributed by atoms with Gasteiger partial charge in [0.15, 0.2) is 0 Å². The fourth-order valence-corrected chi connectivity index (χ4v) is 0. The summed E-state index contributed by atoms with van der Waals surface area (Å²) >= 11 is 0. The molecule has 4 heteroatoms. The zero-order valence-corrected chi connectivity index (χ0v) is 6.48. The van der Waals surface area contributed by atoms with Crippen LogP contribution in [0.3, 0.4) is 0 Å². The predicted octanol–water partition coefficient (Wildman–Crippen LogP) is -0.924. The van der Waals surface area contributed by atoms with Gasteiger partial charge in [-0.2, -0.15) is 0 Å². The van der Waals surface area contributed by atoms with Gasteiger partial charge in [-0.3, -0.25) is 0 Å². The largest absolute Gasteiger partial charge is 0 e. The molecule has 0 saturated heterocycles. The van der Waals surface area contributed by atoms with Crippen molar-refractivity contribution >= 4 is 48.9 Å². The van der Waals surface area contributed by atoms with Gasteiger partial charge < -0.3 is 0 Å². The van der Waals surface area contributed by atoms with Crippen LogP contribution in [0.1, 0.15) is 0 Å². The molecule has 0 aromatic carbocycles. The topological polar surface area (TPSA) is 0 Å². The van der Waals surface area contributed by atoms with E-state index in [0.29, 0.717) is 0 Å². The van der Waals surface area contributed by atoms with Gasteiger partial charge in [0, 0.05) is 53.6 Å². The van der Waals surface area contributed by atoms with Crippen molar-refractivity contribution in [2.75, 3.05) is 0 Å². The van der Waals surface area contributed by atoms with Crippen LogP contribution in [-0.2, 0) is 53.6 Å². The molecule has 0 atom stereocenters. The van der Waals surface area contributed by atoms with E-state index in [9.17, 15) is 0 Å². The average Bonchev–Trinajstić information content (AvgIpc) is 0. The van der Waals surface area contributed by atoms with E-state index in [0.717, 1.165) is 0 Å². The maximum Gasteiger partial charge on any atom is 0 e. The quantitative estimate of drug-likeness (QED) is 0.506. The molecule has 0 amide bonds. The summed E-state index contributed by atoms with van der Waals surface area (Å²) in [5, 5.41) is 0. The molecular weight excluding hydrogens is 321 g/mol. The van der Waals surface area contributed by atoms with E-state index < -0.39 is 0 Å². The van der Waals surface area contributed by atoms with E-state index in [2.05, 4.69) is 0 Å². The Kier molecular flexibility index (Phi) is 110. The van der Waals surface area contributed by atoms with Gasteiger partial charge in [-0.25, -0.2) is 0 Å². The third-order valence-corrected chi connectivity index (χ3v) is 0. The van der Waals surface area contributed by atoms with Crippen LogP contribution in [-0.4, -0.2) is 48.9 Å². The third kappa shape index (κ3) is 8.97. The van der Waals surface area contributed by atoms with Crippen LogP contribution in [0.2, 0.25) is 0 Å². The zero-order chi connectivity index (χ0) is 0. The van der Waals surface area contributed by atoms with Gasteiger partial charge in [-0.05, 0) is 0 Å². The van der Waals surface area contributed by atoms with E-state index >= 15 is 0 Å². The van der Waals surface area contributed by atoms with Crippen molar-refractivity contribution < 1.29 is 53.6 Å². The number of hydrogen-bond donors (Lipinski definition) is 0. The van der Waals surface area contributed by atoms with Crippen LogP contribution in [0, 0.1) is 0 Å². The van der Waals surface area contributed by atoms with Crippen LogP contribution < -0.4 is 0 Å². The van der Waals surface area contributed by atoms with Gasteiger partial charge in [-0.1, -0.05) is 0 Å². The third-order valence-electron chi connectivity index (χ3n) is 0.